The maximum atomic E-state index is 12.2. The van der Waals surface area contributed by atoms with E-state index in [0.717, 1.165) is 44.5 Å². The normalized spacial score (nSPS) is 20.0. The van der Waals surface area contributed by atoms with Crippen LogP contribution in [0.5, 0.6) is 0 Å². The Morgan fingerprint density at radius 3 is 2.77 bits per heavy atom. The van der Waals surface area contributed by atoms with Gasteiger partial charge >= 0.3 is 0 Å². The Morgan fingerprint density at radius 1 is 1.23 bits per heavy atom. The van der Waals surface area contributed by atoms with Gasteiger partial charge in [0, 0.05) is 38.3 Å². The van der Waals surface area contributed by atoms with E-state index < -0.39 is 0 Å². The fourth-order valence-electron chi connectivity index (χ4n) is 4.55. The van der Waals surface area contributed by atoms with Crippen molar-refractivity contribution < 1.29 is 4.79 Å². The topological polar surface area (TPSA) is 49.6 Å². The highest BCUT2D eigenvalue weighted by Gasteiger charge is 2.24. The summed E-state index contributed by atoms with van der Waals surface area (Å²) in [5, 5.41) is 3.28. The summed E-state index contributed by atoms with van der Waals surface area (Å²) in [7, 11) is 0. The van der Waals surface area contributed by atoms with Crippen molar-refractivity contribution in [3.8, 4) is 0 Å². The number of nitrogens with one attached hydrogen (secondary N) is 1. The molecule has 2 aromatic heterocycles. The number of amides is 1. The van der Waals surface area contributed by atoms with Crippen LogP contribution in [0.4, 0.5) is 0 Å². The number of likely N-dealkylation sites (tertiary alicyclic amines) is 1. The van der Waals surface area contributed by atoms with E-state index in [0.29, 0.717) is 12.0 Å². The standard InChI is InChI=1S/C21H30N4O/c1-16-5-4-10-25-19(14-22-21(16)25)15-24-11-8-18(9-12-24)23-20(26)13-17-6-2-3-7-17/h4-5,10,14,17-18H,2-3,6-9,11-13,15H2,1H3,(H,23,26). The number of aromatic nitrogens is 2. The maximum absolute atomic E-state index is 12.2. The van der Waals surface area contributed by atoms with Crippen LogP contribution in [0.25, 0.3) is 5.65 Å². The Labute approximate surface area is 155 Å². The number of imidazole rings is 1. The van der Waals surface area contributed by atoms with Gasteiger partial charge in [0.05, 0.1) is 11.9 Å². The van der Waals surface area contributed by atoms with E-state index in [1.54, 1.807) is 0 Å². The lowest BCUT2D eigenvalue weighted by atomic mass is 10.0. The van der Waals surface area contributed by atoms with Crippen LogP contribution in [-0.4, -0.2) is 39.3 Å². The van der Waals surface area contributed by atoms with Crippen LogP contribution in [0, 0.1) is 12.8 Å². The molecule has 0 radical (unpaired) electrons. The lowest BCUT2D eigenvalue weighted by molar-refractivity contribution is -0.123. The molecule has 5 nitrogen and oxygen atoms in total. The lowest BCUT2D eigenvalue weighted by Crippen LogP contribution is -2.44. The van der Waals surface area contributed by atoms with Gasteiger partial charge in [0.15, 0.2) is 0 Å². The molecule has 4 rings (SSSR count). The second kappa shape index (κ2) is 7.78. The van der Waals surface area contributed by atoms with Gasteiger partial charge in [0.2, 0.25) is 5.91 Å². The van der Waals surface area contributed by atoms with E-state index in [1.807, 2.05) is 6.20 Å². The minimum Gasteiger partial charge on any atom is -0.353 e. The third kappa shape index (κ3) is 3.93. The third-order valence-electron chi connectivity index (χ3n) is 6.09. The second-order valence-electron chi connectivity index (χ2n) is 8.11. The van der Waals surface area contributed by atoms with E-state index in [2.05, 4.69) is 44.9 Å². The van der Waals surface area contributed by atoms with Gasteiger partial charge in [0.25, 0.3) is 0 Å². The molecule has 2 aliphatic rings. The second-order valence-corrected chi connectivity index (χ2v) is 8.11. The molecule has 1 aliphatic carbocycles. The quantitative estimate of drug-likeness (QED) is 0.896. The van der Waals surface area contributed by atoms with Gasteiger partial charge in [-0.1, -0.05) is 18.9 Å². The average Bonchev–Trinajstić information content (AvgIpc) is 3.28. The van der Waals surface area contributed by atoms with Crippen molar-refractivity contribution in [3.63, 3.8) is 0 Å². The number of pyridine rings is 1. The van der Waals surface area contributed by atoms with Crippen LogP contribution in [0.3, 0.4) is 0 Å². The molecule has 0 atom stereocenters. The monoisotopic (exact) mass is 354 g/mol. The van der Waals surface area contributed by atoms with Crippen LogP contribution >= 0.6 is 0 Å². The molecule has 1 saturated heterocycles. The molecule has 0 unspecified atom stereocenters. The molecule has 0 spiro atoms. The molecule has 5 heteroatoms. The number of fused-ring (bicyclic) bond motifs is 1. The summed E-state index contributed by atoms with van der Waals surface area (Å²) in [5.41, 5.74) is 3.51. The highest BCUT2D eigenvalue weighted by molar-refractivity contribution is 5.76. The first-order valence-electron chi connectivity index (χ1n) is 10.1. The molecule has 0 aromatic carbocycles. The minimum atomic E-state index is 0.271. The van der Waals surface area contributed by atoms with Crippen molar-refractivity contribution in [1.82, 2.24) is 19.6 Å². The third-order valence-corrected chi connectivity index (χ3v) is 6.09. The fourth-order valence-corrected chi connectivity index (χ4v) is 4.55. The average molecular weight is 354 g/mol. The van der Waals surface area contributed by atoms with Crippen molar-refractivity contribution in [2.24, 2.45) is 5.92 Å². The van der Waals surface area contributed by atoms with Gasteiger partial charge in [0.1, 0.15) is 5.65 Å². The predicted octanol–water partition coefficient (Wildman–Crippen LogP) is 3.30. The van der Waals surface area contributed by atoms with Crippen LogP contribution in [0.15, 0.2) is 24.5 Å². The van der Waals surface area contributed by atoms with E-state index in [-0.39, 0.29) is 5.91 Å². The molecule has 1 aliphatic heterocycles. The summed E-state index contributed by atoms with van der Waals surface area (Å²) < 4.78 is 2.20. The van der Waals surface area contributed by atoms with Gasteiger partial charge in [-0.15, -0.1) is 0 Å². The number of rotatable bonds is 5. The van der Waals surface area contributed by atoms with Crippen molar-refractivity contribution in [1.29, 1.82) is 0 Å². The molecule has 2 fully saturated rings. The Kier molecular flexibility index (Phi) is 5.25. The summed E-state index contributed by atoms with van der Waals surface area (Å²) in [4.78, 5) is 19.3. The van der Waals surface area contributed by atoms with E-state index in [9.17, 15) is 4.79 Å². The Balaban J connectivity index is 1.26. The highest BCUT2D eigenvalue weighted by Crippen LogP contribution is 2.27. The van der Waals surface area contributed by atoms with E-state index in [1.165, 1.54) is 36.9 Å². The molecule has 0 bridgehead atoms. The number of piperidine rings is 1. The first-order valence-corrected chi connectivity index (χ1v) is 10.1. The Bertz CT molecular complexity index is 754. The maximum Gasteiger partial charge on any atom is 0.220 e. The zero-order chi connectivity index (χ0) is 17.9. The van der Waals surface area contributed by atoms with Crippen LogP contribution in [0.1, 0.15) is 56.2 Å². The molecule has 1 amide bonds. The fraction of sp³-hybridized carbons (Fsp3) is 0.619. The van der Waals surface area contributed by atoms with Gasteiger partial charge in [-0.3, -0.25) is 9.69 Å². The summed E-state index contributed by atoms with van der Waals surface area (Å²) >= 11 is 0. The SMILES string of the molecule is Cc1cccn2c(CN3CCC(NC(=O)CC4CCCC4)CC3)cnc12. The Morgan fingerprint density at radius 2 is 2.00 bits per heavy atom. The number of aryl methyl sites for hydroxylation is 1. The summed E-state index contributed by atoms with van der Waals surface area (Å²) in [6.07, 6.45) is 12.0. The van der Waals surface area contributed by atoms with E-state index >= 15 is 0 Å². The largest absolute Gasteiger partial charge is 0.353 e. The first-order chi connectivity index (χ1) is 12.7. The molecule has 140 valence electrons. The minimum absolute atomic E-state index is 0.271. The number of carbonyl (C=O) groups is 1. The van der Waals surface area contributed by atoms with Crippen LogP contribution in [0.2, 0.25) is 0 Å². The molecular formula is C21H30N4O. The van der Waals surface area contributed by atoms with Gasteiger partial charge in [-0.25, -0.2) is 4.98 Å². The number of hydrogen-bond donors (Lipinski definition) is 1. The number of carbonyl (C=O) groups excluding carboxylic acids is 1. The molecule has 1 N–H and O–H groups in total. The predicted molar refractivity (Wildman–Crippen MR) is 103 cm³/mol. The summed E-state index contributed by atoms with van der Waals surface area (Å²) in [5.74, 6) is 0.904. The van der Waals surface area contributed by atoms with Gasteiger partial charge in [-0.2, -0.15) is 0 Å². The zero-order valence-electron chi connectivity index (χ0n) is 15.8. The Hall–Kier alpha value is -1.88. The van der Waals surface area contributed by atoms with Crippen molar-refractivity contribution >= 4 is 11.6 Å². The van der Waals surface area contributed by atoms with E-state index in [4.69, 9.17) is 0 Å². The molecule has 3 heterocycles. The molecular weight excluding hydrogens is 324 g/mol. The first kappa shape index (κ1) is 17.5. The molecule has 1 saturated carbocycles. The van der Waals surface area contributed by atoms with Crippen molar-refractivity contribution in [2.45, 2.75) is 64.5 Å². The smallest absolute Gasteiger partial charge is 0.220 e. The van der Waals surface area contributed by atoms with Gasteiger partial charge in [-0.05, 0) is 50.2 Å². The van der Waals surface area contributed by atoms with Gasteiger partial charge < -0.3 is 9.72 Å². The van der Waals surface area contributed by atoms with Crippen LogP contribution in [-0.2, 0) is 11.3 Å². The zero-order valence-corrected chi connectivity index (χ0v) is 15.8. The highest BCUT2D eigenvalue weighted by atomic mass is 16.1. The number of hydrogen-bond acceptors (Lipinski definition) is 3. The van der Waals surface area contributed by atoms with Crippen LogP contribution < -0.4 is 5.32 Å². The van der Waals surface area contributed by atoms with Crippen molar-refractivity contribution in [3.05, 3.63) is 35.8 Å². The molecule has 2 aromatic rings. The number of nitrogens with zero attached hydrogens (tertiary/aromatic N) is 3. The summed E-state index contributed by atoms with van der Waals surface area (Å²) in [6, 6.07) is 4.54. The lowest BCUT2D eigenvalue weighted by Gasteiger charge is -2.32. The molecule has 26 heavy (non-hydrogen) atoms. The summed E-state index contributed by atoms with van der Waals surface area (Å²) in [6.45, 7) is 5.10. The van der Waals surface area contributed by atoms with Crippen molar-refractivity contribution in [2.75, 3.05) is 13.1 Å².